The van der Waals surface area contributed by atoms with Crippen molar-refractivity contribution in [2.75, 3.05) is 19.0 Å². The van der Waals surface area contributed by atoms with Crippen LogP contribution in [0.2, 0.25) is 5.02 Å². The van der Waals surface area contributed by atoms with Crippen molar-refractivity contribution in [1.29, 1.82) is 0 Å². The molecule has 0 aliphatic carbocycles. The van der Waals surface area contributed by atoms with E-state index in [2.05, 4.69) is 23.6 Å². The van der Waals surface area contributed by atoms with Gasteiger partial charge < -0.3 is 15.2 Å². The molecule has 0 bridgehead atoms. The van der Waals surface area contributed by atoms with E-state index >= 15 is 0 Å². The van der Waals surface area contributed by atoms with Crippen molar-refractivity contribution in [3.63, 3.8) is 0 Å². The van der Waals surface area contributed by atoms with Gasteiger partial charge in [0, 0.05) is 28.0 Å². The third-order valence-electron chi connectivity index (χ3n) is 3.95. The van der Waals surface area contributed by atoms with Crippen molar-refractivity contribution in [2.45, 2.75) is 20.8 Å². The van der Waals surface area contributed by atoms with E-state index in [9.17, 15) is 14.7 Å². The molecular formula is C26H30Cl2N2O4S. The third-order valence-corrected chi connectivity index (χ3v) is 5.53. The monoisotopic (exact) mass is 536 g/mol. The molecule has 0 atom stereocenters. The average Bonchev–Trinajstić information content (AvgIpc) is 3.28. The van der Waals surface area contributed by atoms with Crippen LogP contribution in [0.4, 0.5) is 10.7 Å². The quantitative estimate of drug-likeness (QED) is 0.146. The number of nitrogens with one attached hydrogen (secondary N) is 1. The maximum Gasteiger partial charge on any atom is 0.339 e. The Balaban J connectivity index is 0.000000626. The maximum absolute atomic E-state index is 11.4. The van der Waals surface area contributed by atoms with Crippen LogP contribution >= 0.6 is 34.5 Å². The molecule has 0 saturated carbocycles. The van der Waals surface area contributed by atoms with E-state index in [4.69, 9.17) is 27.9 Å². The number of thiophene rings is 1. The molecule has 2 aromatic rings. The minimum absolute atomic E-state index is 0.00412. The zero-order chi connectivity index (χ0) is 26.8. The second-order valence-electron chi connectivity index (χ2n) is 6.32. The van der Waals surface area contributed by atoms with Gasteiger partial charge in [0.1, 0.15) is 28.6 Å². The number of rotatable bonds is 9. The number of aliphatic imine (C=N–C) groups is 1. The highest BCUT2D eigenvalue weighted by Crippen LogP contribution is 2.33. The zero-order valence-corrected chi connectivity index (χ0v) is 22.5. The Morgan fingerprint density at radius 1 is 1.26 bits per heavy atom. The van der Waals surface area contributed by atoms with Crippen molar-refractivity contribution < 1.29 is 19.4 Å². The van der Waals surface area contributed by atoms with Crippen LogP contribution in [0.3, 0.4) is 0 Å². The molecule has 0 radical (unpaired) electrons. The van der Waals surface area contributed by atoms with Gasteiger partial charge in [-0.2, -0.15) is 0 Å². The van der Waals surface area contributed by atoms with Crippen LogP contribution < -0.4 is 10.1 Å². The zero-order valence-electron chi connectivity index (χ0n) is 20.2. The van der Waals surface area contributed by atoms with Gasteiger partial charge in [0.2, 0.25) is 0 Å². The van der Waals surface area contributed by atoms with Crippen molar-refractivity contribution in [1.82, 2.24) is 0 Å². The predicted octanol–water partition coefficient (Wildman–Crippen LogP) is 8.03. The molecule has 0 amide bonds. The lowest BCUT2D eigenvalue weighted by atomic mass is 10.0. The molecule has 9 heteroatoms. The number of carbonyl (C=O) groups is 2. The van der Waals surface area contributed by atoms with Crippen LogP contribution in [0.25, 0.3) is 5.57 Å². The fourth-order valence-corrected chi connectivity index (χ4v) is 3.59. The third kappa shape index (κ3) is 11.2. The molecule has 0 fully saturated rings. The largest absolute Gasteiger partial charge is 0.484 e. The van der Waals surface area contributed by atoms with Crippen LogP contribution in [0.1, 0.15) is 36.7 Å². The first-order valence-corrected chi connectivity index (χ1v) is 12.0. The summed E-state index contributed by atoms with van der Waals surface area (Å²) in [5.41, 5.74) is 2.35. The summed E-state index contributed by atoms with van der Waals surface area (Å²) in [6.07, 6.45) is 9.62. The maximum atomic E-state index is 11.4. The number of halogens is 2. The Bertz CT molecular complexity index is 1090. The summed E-state index contributed by atoms with van der Waals surface area (Å²) in [4.78, 5) is 25.1. The number of carboxylic acid groups (broad SMARTS) is 1. The number of anilines is 1. The van der Waals surface area contributed by atoms with Gasteiger partial charge in [0.05, 0.1) is 0 Å². The smallest absolute Gasteiger partial charge is 0.339 e. The van der Waals surface area contributed by atoms with E-state index < -0.39 is 5.97 Å². The SMILES string of the molecule is C=CC.C=Nc1cc(Cl)ccc1OCC=O.C\C=C(Cl)/C=C\C(=C/C)c1csc(NC)c1C(=O)O. The molecule has 1 aromatic heterocycles. The van der Waals surface area contributed by atoms with Crippen LogP contribution in [0.5, 0.6) is 5.75 Å². The predicted molar refractivity (Wildman–Crippen MR) is 151 cm³/mol. The standard InChI is InChI=1S/C14H16ClNO2S.C9H8ClNO2.C3H6/c1-4-9(6-7-10(15)5-2)11-8-19-13(16-3)12(11)14(17)18;1-11-8-6-7(10)2-3-9(8)13-5-4-12;1-3-2/h4-8,16H,1-3H3,(H,17,18);2-4,6H,1,5H2;3H,1H2,2H3/b7-6-,9-4+,10-5+;;. The Hall–Kier alpha value is -3.13. The van der Waals surface area contributed by atoms with Gasteiger partial charge in [-0.1, -0.05) is 47.5 Å². The Morgan fingerprint density at radius 2 is 1.91 bits per heavy atom. The van der Waals surface area contributed by atoms with Crippen molar-refractivity contribution in [3.05, 3.63) is 81.7 Å². The number of allylic oxidation sites excluding steroid dienone is 7. The highest BCUT2D eigenvalue weighted by molar-refractivity contribution is 7.14. The molecule has 0 spiro atoms. The summed E-state index contributed by atoms with van der Waals surface area (Å²) in [5.74, 6) is -0.433. The Morgan fingerprint density at radius 3 is 2.40 bits per heavy atom. The average molecular weight is 538 g/mol. The van der Waals surface area contributed by atoms with Crippen LogP contribution in [-0.4, -0.2) is 37.7 Å². The Kier molecular flexibility index (Phi) is 16.6. The Labute approximate surface area is 221 Å². The van der Waals surface area contributed by atoms with E-state index in [1.54, 1.807) is 43.5 Å². The van der Waals surface area contributed by atoms with E-state index in [0.29, 0.717) is 43.9 Å². The summed E-state index contributed by atoms with van der Waals surface area (Å²) in [6.45, 7) is 12.3. The second kappa shape index (κ2) is 18.2. The highest BCUT2D eigenvalue weighted by atomic mass is 35.5. The van der Waals surface area contributed by atoms with Gasteiger partial charge >= 0.3 is 5.97 Å². The molecule has 1 aromatic carbocycles. The van der Waals surface area contributed by atoms with Crippen molar-refractivity contribution in [2.24, 2.45) is 4.99 Å². The number of ether oxygens (including phenoxy) is 1. The molecule has 2 N–H and O–H groups in total. The van der Waals surface area contributed by atoms with Gasteiger partial charge in [-0.15, -0.1) is 17.9 Å². The van der Waals surface area contributed by atoms with Gasteiger partial charge in [0.15, 0.2) is 6.29 Å². The number of aromatic carboxylic acids is 1. The first-order valence-electron chi connectivity index (χ1n) is 10.3. The first kappa shape index (κ1) is 31.9. The van der Waals surface area contributed by atoms with Crippen molar-refractivity contribution >= 4 is 69.8 Å². The molecule has 6 nitrogen and oxygen atoms in total. The van der Waals surface area contributed by atoms with Crippen LogP contribution in [0, 0.1) is 0 Å². The van der Waals surface area contributed by atoms with Gasteiger partial charge in [-0.25, -0.2) is 4.79 Å². The lowest BCUT2D eigenvalue weighted by Crippen LogP contribution is -2.02. The first-order chi connectivity index (χ1) is 16.7. The fraction of sp³-hybridized carbons (Fsp3) is 0.192. The summed E-state index contributed by atoms with van der Waals surface area (Å²) in [5, 5.41) is 15.9. The lowest BCUT2D eigenvalue weighted by molar-refractivity contribution is -0.109. The molecule has 0 aliphatic heterocycles. The minimum Gasteiger partial charge on any atom is -0.484 e. The van der Waals surface area contributed by atoms with Gasteiger partial charge in [0.25, 0.3) is 0 Å². The van der Waals surface area contributed by atoms with E-state index in [0.717, 1.165) is 5.57 Å². The molecule has 188 valence electrons. The lowest BCUT2D eigenvalue weighted by Gasteiger charge is -2.05. The molecule has 35 heavy (non-hydrogen) atoms. The van der Waals surface area contributed by atoms with Crippen molar-refractivity contribution in [3.8, 4) is 5.75 Å². The summed E-state index contributed by atoms with van der Waals surface area (Å²) in [7, 11) is 1.71. The highest BCUT2D eigenvalue weighted by Gasteiger charge is 2.18. The number of nitrogens with zero attached hydrogens (tertiary/aromatic N) is 1. The summed E-state index contributed by atoms with van der Waals surface area (Å²) in [6, 6.07) is 4.93. The van der Waals surface area contributed by atoms with E-state index in [-0.39, 0.29) is 6.61 Å². The summed E-state index contributed by atoms with van der Waals surface area (Å²) < 4.78 is 5.07. The molecule has 2 rings (SSSR count). The van der Waals surface area contributed by atoms with Crippen LogP contribution in [-0.2, 0) is 4.79 Å². The number of hydrogen-bond acceptors (Lipinski definition) is 6. The van der Waals surface area contributed by atoms with E-state index in [1.165, 1.54) is 11.3 Å². The fourth-order valence-electron chi connectivity index (χ4n) is 2.43. The number of aldehydes is 1. The molecule has 0 unspecified atom stereocenters. The normalized spacial score (nSPS) is 10.9. The van der Waals surface area contributed by atoms with E-state index in [1.807, 2.05) is 38.3 Å². The molecule has 1 heterocycles. The molecule has 0 saturated heterocycles. The molecule has 0 aliphatic rings. The van der Waals surface area contributed by atoms with Crippen LogP contribution in [0.15, 0.2) is 70.6 Å². The van der Waals surface area contributed by atoms with Gasteiger partial charge in [-0.05, 0) is 57.3 Å². The number of benzene rings is 1. The minimum atomic E-state index is -0.939. The number of carbonyl (C=O) groups excluding carboxylic acids is 1. The topological polar surface area (TPSA) is 88.0 Å². The number of carboxylic acids is 1. The number of hydrogen-bond donors (Lipinski definition) is 2. The second-order valence-corrected chi connectivity index (χ2v) is 8.07. The molecular weight excluding hydrogens is 507 g/mol. The van der Waals surface area contributed by atoms with Gasteiger partial charge in [-0.3, -0.25) is 9.79 Å². The summed E-state index contributed by atoms with van der Waals surface area (Å²) >= 11 is 13.0.